The van der Waals surface area contributed by atoms with Gasteiger partial charge in [-0.25, -0.2) is 0 Å². The fourth-order valence-electron chi connectivity index (χ4n) is 2.16. The molecule has 0 aromatic rings. The van der Waals surface area contributed by atoms with Crippen LogP contribution in [0.2, 0.25) is 0 Å². The van der Waals surface area contributed by atoms with Gasteiger partial charge in [-0.15, -0.1) is 0 Å². The summed E-state index contributed by atoms with van der Waals surface area (Å²) in [7, 11) is 0. The lowest BCUT2D eigenvalue weighted by molar-refractivity contribution is -0.141. The number of hydrogen-bond donors (Lipinski definition) is 2. The lowest BCUT2D eigenvalue weighted by atomic mass is 10.1. The quantitative estimate of drug-likeness (QED) is 0.665. The molecule has 0 aromatic heterocycles. The molecule has 84 valence electrons. The predicted octanol–water partition coefficient (Wildman–Crippen LogP) is -0.452. The van der Waals surface area contributed by atoms with Crippen molar-refractivity contribution in [3.63, 3.8) is 0 Å². The second-order valence-corrected chi connectivity index (χ2v) is 4.41. The molecule has 15 heavy (non-hydrogen) atoms. The van der Waals surface area contributed by atoms with E-state index in [1.807, 2.05) is 0 Å². The number of amides is 1. The van der Waals surface area contributed by atoms with Crippen molar-refractivity contribution < 1.29 is 19.8 Å². The van der Waals surface area contributed by atoms with E-state index in [4.69, 9.17) is 10.2 Å². The van der Waals surface area contributed by atoms with Gasteiger partial charge in [-0.05, 0) is 12.8 Å². The average molecular weight is 213 g/mol. The van der Waals surface area contributed by atoms with Crippen LogP contribution in [0.15, 0.2) is 0 Å². The van der Waals surface area contributed by atoms with Crippen molar-refractivity contribution >= 4 is 11.9 Å². The van der Waals surface area contributed by atoms with Gasteiger partial charge in [0.05, 0.1) is 11.8 Å². The second kappa shape index (κ2) is 3.81. The SMILES string of the molecule is O=C(O)[C@H]1C[C@H]1C(=O)N1CCC(CO)C1. The molecule has 1 unspecified atom stereocenters. The Morgan fingerprint density at radius 1 is 1.33 bits per heavy atom. The summed E-state index contributed by atoms with van der Waals surface area (Å²) in [5, 5.41) is 17.6. The summed E-state index contributed by atoms with van der Waals surface area (Å²) in [6.45, 7) is 1.35. The molecule has 5 nitrogen and oxygen atoms in total. The first-order valence-electron chi connectivity index (χ1n) is 5.26. The molecule has 1 aliphatic carbocycles. The van der Waals surface area contributed by atoms with Gasteiger partial charge in [-0.1, -0.05) is 0 Å². The van der Waals surface area contributed by atoms with E-state index in [1.165, 1.54) is 0 Å². The molecule has 2 rings (SSSR count). The number of rotatable bonds is 3. The fourth-order valence-corrected chi connectivity index (χ4v) is 2.16. The molecular formula is C10H15NO4. The number of hydrogen-bond acceptors (Lipinski definition) is 3. The van der Waals surface area contributed by atoms with Gasteiger partial charge in [0, 0.05) is 25.6 Å². The van der Waals surface area contributed by atoms with Gasteiger partial charge in [-0.3, -0.25) is 9.59 Å². The number of aliphatic carboxylic acids is 1. The van der Waals surface area contributed by atoms with E-state index in [2.05, 4.69) is 0 Å². The number of likely N-dealkylation sites (tertiary alicyclic amines) is 1. The molecule has 1 heterocycles. The van der Waals surface area contributed by atoms with Crippen LogP contribution in [0.3, 0.4) is 0 Å². The van der Waals surface area contributed by atoms with Gasteiger partial charge in [0.25, 0.3) is 0 Å². The first-order chi connectivity index (χ1) is 7.13. The van der Waals surface area contributed by atoms with Crippen molar-refractivity contribution in [2.75, 3.05) is 19.7 Å². The van der Waals surface area contributed by atoms with Crippen molar-refractivity contribution in [2.24, 2.45) is 17.8 Å². The molecule has 1 aliphatic heterocycles. The van der Waals surface area contributed by atoms with Crippen LogP contribution in [0.25, 0.3) is 0 Å². The molecule has 0 aromatic carbocycles. The Balaban J connectivity index is 1.86. The molecule has 3 atom stereocenters. The Labute approximate surface area is 87.7 Å². The van der Waals surface area contributed by atoms with E-state index in [0.29, 0.717) is 19.5 Å². The first kappa shape index (κ1) is 10.4. The molecule has 2 fully saturated rings. The number of carboxylic acid groups (broad SMARTS) is 1. The molecule has 1 amide bonds. The minimum atomic E-state index is -0.869. The van der Waals surface area contributed by atoms with E-state index in [-0.39, 0.29) is 24.3 Å². The van der Waals surface area contributed by atoms with Crippen molar-refractivity contribution in [3.05, 3.63) is 0 Å². The lowest BCUT2D eigenvalue weighted by Gasteiger charge is -2.15. The van der Waals surface area contributed by atoms with Gasteiger partial charge in [0.1, 0.15) is 0 Å². The fraction of sp³-hybridized carbons (Fsp3) is 0.800. The topological polar surface area (TPSA) is 77.8 Å². The summed E-state index contributed by atoms with van der Waals surface area (Å²) >= 11 is 0. The highest BCUT2D eigenvalue weighted by Crippen LogP contribution is 2.40. The highest BCUT2D eigenvalue weighted by molar-refractivity contribution is 5.89. The zero-order valence-corrected chi connectivity index (χ0v) is 8.43. The third-order valence-corrected chi connectivity index (χ3v) is 3.28. The van der Waals surface area contributed by atoms with Gasteiger partial charge in [0.2, 0.25) is 5.91 Å². The Hall–Kier alpha value is -1.10. The van der Waals surface area contributed by atoms with Gasteiger partial charge in [0.15, 0.2) is 0 Å². The number of aliphatic hydroxyl groups is 1. The summed E-state index contributed by atoms with van der Waals surface area (Å²) in [4.78, 5) is 24.1. The maximum atomic E-state index is 11.8. The van der Waals surface area contributed by atoms with E-state index in [1.54, 1.807) is 4.90 Å². The second-order valence-electron chi connectivity index (χ2n) is 4.41. The number of carboxylic acids is 1. The van der Waals surface area contributed by atoms with Crippen LogP contribution < -0.4 is 0 Å². The van der Waals surface area contributed by atoms with Crippen LogP contribution in [0.1, 0.15) is 12.8 Å². The van der Waals surface area contributed by atoms with Crippen LogP contribution in [-0.2, 0) is 9.59 Å². The van der Waals surface area contributed by atoms with Crippen LogP contribution in [0.5, 0.6) is 0 Å². The lowest BCUT2D eigenvalue weighted by Crippen LogP contribution is -2.31. The number of nitrogens with zero attached hydrogens (tertiary/aromatic N) is 1. The highest BCUT2D eigenvalue weighted by atomic mass is 16.4. The average Bonchev–Trinajstić information content (AvgIpc) is 2.88. The molecule has 0 radical (unpaired) electrons. The monoisotopic (exact) mass is 213 g/mol. The number of aliphatic hydroxyl groups excluding tert-OH is 1. The molecule has 1 saturated heterocycles. The Morgan fingerprint density at radius 3 is 2.53 bits per heavy atom. The molecular weight excluding hydrogens is 198 g/mol. The van der Waals surface area contributed by atoms with Crippen LogP contribution >= 0.6 is 0 Å². The Kier molecular flexibility index (Phi) is 2.65. The minimum absolute atomic E-state index is 0.0432. The molecule has 0 bridgehead atoms. The van der Waals surface area contributed by atoms with E-state index in [9.17, 15) is 9.59 Å². The van der Waals surface area contributed by atoms with Crippen molar-refractivity contribution in [2.45, 2.75) is 12.8 Å². The Bertz CT molecular complexity index is 291. The summed E-state index contributed by atoms with van der Waals surface area (Å²) in [5.41, 5.74) is 0. The van der Waals surface area contributed by atoms with E-state index >= 15 is 0 Å². The van der Waals surface area contributed by atoms with E-state index < -0.39 is 11.9 Å². The highest BCUT2D eigenvalue weighted by Gasteiger charge is 2.50. The zero-order chi connectivity index (χ0) is 11.0. The van der Waals surface area contributed by atoms with Gasteiger partial charge >= 0.3 is 5.97 Å². The third-order valence-electron chi connectivity index (χ3n) is 3.28. The summed E-state index contributed by atoms with van der Waals surface area (Å²) in [6, 6.07) is 0. The van der Waals surface area contributed by atoms with Crippen molar-refractivity contribution in [1.82, 2.24) is 4.90 Å². The molecule has 0 spiro atoms. The summed E-state index contributed by atoms with van der Waals surface area (Å²) in [5.74, 6) is -1.51. The summed E-state index contributed by atoms with van der Waals surface area (Å²) in [6.07, 6.45) is 1.31. The van der Waals surface area contributed by atoms with E-state index in [0.717, 1.165) is 6.42 Å². The van der Waals surface area contributed by atoms with Crippen LogP contribution in [-0.4, -0.2) is 46.7 Å². The van der Waals surface area contributed by atoms with Crippen molar-refractivity contribution in [3.8, 4) is 0 Å². The molecule has 1 saturated carbocycles. The third kappa shape index (κ3) is 1.97. The minimum Gasteiger partial charge on any atom is -0.481 e. The maximum Gasteiger partial charge on any atom is 0.307 e. The normalized spacial score (nSPS) is 34.2. The van der Waals surface area contributed by atoms with Gasteiger partial charge < -0.3 is 15.1 Å². The molecule has 5 heteroatoms. The van der Waals surface area contributed by atoms with Crippen LogP contribution in [0.4, 0.5) is 0 Å². The standard InChI is InChI=1S/C10H15NO4/c12-5-6-1-2-11(4-6)9(13)7-3-8(7)10(14)15/h6-8,12H,1-5H2,(H,14,15)/t6?,7-,8+/m1/s1. The largest absolute Gasteiger partial charge is 0.481 e. The summed E-state index contributed by atoms with van der Waals surface area (Å²) < 4.78 is 0. The number of carbonyl (C=O) groups is 2. The smallest absolute Gasteiger partial charge is 0.307 e. The van der Waals surface area contributed by atoms with Gasteiger partial charge in [-0.2, -0.15) is 0 Å². The van der Waals surface area contributed by atoms with Crippen LogP contribution in [0, 0.1) is 17.8 Å². The Morgan fingerprint density at radius 2 is 2.07 bits per heavy atom. The maximum absolute atomic E-state index is 11.8. The predicted molar refractivity (Wildman–Crippen MR) is 51.0 cm³/mol. The molecule has 2 N–H and O–H groups in total. The molecule has 2 aliphatic rings. The van der Waals surface area contributed by atoms with Crippen molar-refractivity contribution in [1.29, 1.82) is 0 Å². The zero-order valence-electron chi connectivity index (χ0n) is 8.43. The number of carbonyl (C=O) groups excluding carboxylic acids is 1. The first-order valence-corrected chi connectivity index (χ1v) is 5.26.